The molecule has 0 unspecified atom stereocenters. The number of benzene rings is 1. The normalized spacial score (nSPS) is 10.7. The van der Waals surface area contributed by atoms with Gasteiger partial charge in [-0.05, 0) is 31.4 Å². The zero-order chi connectivity index (χ0) is 13.8. The fourth-order valence-electron chi connectivity index (χ4n) is 2.15. The molecule has 0 aliphatic heterocycles. The Kier molecular flexibility index (Phi) is 4.15. The van der Waals surface area contributed by atoms with Crippen molar-refractivity contribution in [1.29, 1.82) is 0 Å². The standard InChI is InChI=1S/C16H20N2O/c1-4-7-14-17-15(11(3)16(19)18-14)13-9-6-8-12(5-2)10-13/h6,8-10H,4-5,7H2,1-3H3,(H,17,18,19). The Bertz CT molecular complexity index is 629. The van der Waals surface area contributed by atoms with Crippen LogP contribution in [0.4, 0.5) is 0 Å². The predicted octanol–water partition coefficient (Wildman–Crippen LogP) is 3.26. The zero-order valence-electron chi connectivity index (χ0n) is 11.8. The second-order valence-electron chi connectivity index (χ2n) is 4.79. The number of nitrogens with one attached hydrogen (secondary N) is 1. The smallest absolute Gasteiger partial charge is 0.254 e. The molecule has 2 rings (SSSR count). The van der Waals surface area contributed by atoms with E-state index in [4.69, 9.17) is 0 Å². The van der Waals surface area contributed by atoms with Crippen molar-refractivity contribution in [3.63, 3.8) is 0 Å². The lowest BCUT2D eigenvalue weighted by Crippen LogP contribution is -2.16. The van der Waals surface area contributed by atoms with Crippen LogP contribution in [0.25, 0.3) is 11.3 Å². The van der Waals surface area contributed by atoms with Gasteiger partial charge in [0.15, 0.2) is 0 Å². The van der Waals surface area contributed by atoms with E-state index in [-0.39, 0.29) is 5.56 Å². The van der Waals surface area contributed by atoms with Crippen molar-refractivity contribution in [2.24, 2.45) is 0 Å². The summed E-state index contributed by atoms with van der Waals surface area (Å²) in [5.41, 5.74) is 3.75. The topological polar surface area (TPSA) is 45.8 Å². The number of aromatic amines is 1. The molecule has 0 saturated heterocycles. The molecule has 0 aliphatic carbocycles. The van der Waals surface area contributed by atoms with Crippen molar-refractivity contribution >= 4 is 0 Å². The van der Waals surface area contributed by atoms with Crippen molar-refractivity contribution in [3.05, 3.63) is 51.6 Å². The Labute approximate surface area is 113 Å². The number of hydrogen-bond acceptors (Lipinski definition) is 2. The summed E-state index contributed by atoms with van der Waals surface area (Å²) in [6, 6.07) is 8.25. The summed E-state index contributed by atoms with van der Waals surface area (Å²) in [6.45, 7) is 6.03. The van der Waals surface area contributed by atoms with Crippen LogP contribution in [-0.4, -0.2) is 9.97 Å². The van der Waals surface area contributed by atoms with E-state index in [9.17, 15) is 4.79 Å². The quantitative estimate of drug-likeness (QED) is 0.912. The first kappa shape index (κ1) is 13.5. The average molecular weight is 256 g/mol. The van der Waals surface area contributed by atoms with E-state index in [2.05, 4.69) is 35.9 Å². The van der Waals surface area contributed by atoms with Crippen molar-refractivity contribution in [1.82, 2.24) is 9.97 Å². The van der Waals surface area contributed by atoms with E-state index in [1.807, 2.05) is 19.1 Å². The largest absolute Gasteiger partial charge is 0.310 e. The van der Waals surface area contributed by atoms with Gasteiger partial charge >= 0.3 is 0 Å². The molecule has 1 N–H and O–H groups in total. The van der Waals surface area contributed by atoms with Crippen LogP contribution < -0.4 is 5.56 Å². The van der Waals surface area contributed by atoms with Gasteiger partial charge in [-0.2, -0.15) is 0 Å². The third-order valence-electron chi connectivity index (χ3n) is 3.30. The Hall–Kier alpha value is -1.90. The Morgan fingerprint density at radius 1 is 1.26 bits per heavy atom. The van der Waals surface area contributed by atoms with Gasteiger partial charge in [0.1, 0.15) is 5.82 Å². The first-order chi connectivity index (χ1) is 9.15. The molecule has 0 spiro atoms. The number of nitrogens with zero attached hydrogens (tertiary/aromatic N) is 1. The lowest BCUT2D eigenvalue weighted by Gasteiger charge is -2.08. The number of aryl methyl sites for hydroxylation is 2. The minimum absolute atomic E-state index is 0.0321. The molecule has 0 fully saturated rings. The molecule has 1 aromatic heterocycles. The van der Waals surface area contributed by atoms with Crippen molar-refractivity contribution in [2.45, 2.75) is 40.0 Å². The fourth-order valence-corrected chi connectivity index (χ4v) is 2.15. The predicted molar refractivity (Wildman–Crippen MR) is 78.4 cm³/mol. The van der Waals surface area contributed by atoms with Crippen LogP contribution >= 0.6 is 0 Å². The second kappa shape index (κ2) is 5.83. The van der Waals surface area contributed by atoms with E-state index in [0.29, 0.717) is 5.56 Å². The minimum Gasteiger partial charge on any atom is -0.310 e. The number of H-pyrrole nitrogens is 1. The van der Waals surface area contributed by atoms with E-state index >= 15 is 0 Å². The third kappa shape index (κ3) is 2.92. The van der Waals surface area contributed by atoms with Gasteiger partial charge in [-0.1, -0.05) is 32.0 Å². The molecule has 19 heavy (non-hydrogen) atoms. The highest BCUT2D eigenvalue weighted by Gasteiger charge is 2.09. The molecule has 0 bridgehead atoms. The van der Waals surface area contributed by atoms with Gasteiger partial charge in [0.2, 0.25) is 0 Å². The first-order valence-electron chi connectivity index (χ1n) is 6.84. The van der Waals surface area contributed by atoms with Crippen LogP contribution in [0.1, 0.15) is 37.2 Å². The Morgan fingerprint density at radius 2 is 2.05 bits per heavy atom. The summed E-state index contributed by atoms with van der Waals surface area (Å²) in [5, 5.41) is 0. The van der Waals surface area contributed by atoms with Gasteiger partial charge in [-0.25, -0.2) is 4.98 Å². The number of aromatic nitrogens is 2. The number of rotatable bonds is 4. The summed E-state index contributed by atoms with van der Waals surface area (Å²) < 4.78 is 0. The van der Waals surface area contributed by atoms with E-state index in [1.54, 1.807) is 0 Å². The third-order valence-corrected chi connectivity index (χ3v) is 3.30. The van der Waals surface area contributed by atoms with E-state index in [1.165, 1.54) is 5.56 Å². The first-order valence-corrected chi connectivity index (χ1v) is 6.84. The molecule has 0 atom stereocenters. The minimum atomic E-state index is -0.0321. The molecule has 0 saturated carbocycles. The molecule has 3 nitrogen and oxygen atoms in total. The summed E-state index contributed by atoms with van der Waals surface area (Å²) in [4.78, 5) is 19.4. The van der Waals surface area contributed by atoms with Crippen LogP contribution in [-0.2, 0) is 12.8 Å². The van der Waals surface area contributed by atoms with Crippen molar-refractivity contribution in [3.8, 4) is 11.3 Å². The van der Waals surface area contributed by atoms with Crippen molar-refractivity contribution in [2.75, 3.05) is 0 Å². The van der Waals surface area contributed by atoms with Crippen LogP contribution in [0, 0.1) is 6.92 Å². The van der Waals surface area contributed by atoms with E-state index in [0.717, 1.165) is 36.3 Å². The average Bonchev–Trinajstić information content (AvgIpc) is 2.43. The van der Waals surface area contributed by atoms with Crippen LogP contribution in [0.15, 0.2) is 29.1 Å². The summed E-state index contributed by atoms with van der Waals surface area (Å²) in [7, 11) is 0. The zero-order valence-corrected chi connectivity index (χ0v) is 11.8. The maximum absolute atomic E-state index is 12.0. The monoisotopic (exact) mass is 256 g/mol. The second-order valence-corrected chi connectivity index (χ2v) is 4.79. The Morgan fingerprint density at radius 3 is 2.74 bits per heavy atom. The SMILES string of the molecule is CCCc1nc(-c2cccc(CC)c2)c(C)c(=O)[nH]1. The molecule has 1 heterocycles. The lowest BCUT2D eigenvalue weighted by atomic mass is 10.0. The molecule has 3 heteroatoms. The summed E-state index contributed by atoms with van der Waals surface area (Å²) in [6.07, 6.45) is 2.76. The summed E-state index contributed by atoms with van der Waals surface area (Å²) in [5.74, 6) is 0.773. The lowest BCUT2D eigenvalue weighted by molar-refractivity contribution is 0.822. The number of hydrogen-bond donors (Lipinski definition) is 1. The molecular weight excluding hydrogens is 236 g/mol. The van der Waals surface area contributed by atoms with Gasteiger partial charge in [0.25, 0.3) is 5.56 Å². The molecule has 100 valence electrons. The molecule has 0 amide bonds. The van der Waals surface area contributed by atoms with Crippen LogP contribution in [0.3, 0.4) is 0 Å². The molecule has 0 aliphatic rings. The fraction of sp³-hybridized carbons (Fsp3) is 0.375. The highest BCUT2D eigenvalue weighted by molar-refractivity contribution is 5.63. The maximum Gasteiger partial charge on any atom is 0.254 e. The molecule has 2 aromatic rings. The summed E-state index contributed by atoms with van der Waals surface area (Å²) >= 11 is 0. The van der Waals surface area contributed by atoms with Crippen LogP contribution in [0.5, 0.6) is 0 Å². The van der Waals surface area contributed by atoms with Crippen LogP contribution in [0.2, 0.25) is 0 Å². The van der Waals surface area contributed by atoms with Gasteiger partial charge in [-0.15, -0.1) is 0 Å². The molecule has 1 aromatic carbocycles. The van der Waals surface area contributed by atoms with E-state index < -0.39 is 0 Å². The molecule has 0 radical (unpaired) electrons. The van der Waals surface area contributed by atoms with Gasteiger partial charge < -0.3 is 4.98 Å². The van der Waals surface area contributed by atoms with Crippen molar-refractivity contribution < 1.29 is 0 Å². The van der Waals surface area contributed by atoms with Gasteiger partial charge in [0.05, 0.1) is 5.69 Å². The highest BCUT2D eigenvalue weighted by Crippen LogP contribution is 2.20. The Balaban J connectivity index is 2.56. The van der Waals surface area contributed by atoms with Gasteiger partial charge in [-0.3, -0.25) is 4.79 Å². The highest BCUT2D eigenvalue weighted by atomic mass is 16.1. The molecular formula is C16H20N2O. The maximum atomic E-state index is 12.0. The van der Waals surface area contributed by atoms with Gasteiger partial charge in [0, 0.05) is 17.5 Å².